The van der Waals surface area contributed by atoms with Gasteiger partial charge in [0.15, 0.2) is 0 Å². The van der Waals surface area contributed by atoms with Crippen molar-refractivity contribution in [3.63, 3.8) is 0 Å². The molecule has 0 saturated heterocycles. The van der Waals surface area contributed by atoms with Crippen molar-refractivity contribution in [2.24, 2.45) is 0 Å². The second kappa shape index (κ2) is 2.56. The van der Waals surface area contributed by atoms with Gasteiger partial charge in [-0.25, -0.2) is 6.57 Å². The van der Waals surface area contributed by atoms with Crippen molar-refractivity contribution < 1.29 is 0 Å². The molecule has 0 N–H and O–H groups in total. The molecule has 3 heteroatoms. The zero-order valence-electron chi connectivity index (χ0n) is 6.42. The lowest BCUT2D eigenvalue weighted by molar-refractivity contribution is 0.825. The number of aromatic nitrogens is 1. The molecule has 1 heterocycles. The predicted octanol–water partition coefficient (Wildman–Crippen LogP) is 2.75. The molecule has 0 atom stereocenters. The maximum atomic E-state index is 7.07. The standard InChI is InChI=1S/C9H7BrN2/c1-11-9(4-5-9)8-7(10)3-2-6-12-8/h2-3,6H,4-5H2. The Hall–Kier alpha value is -0.880. The van der Waals surface area contributed by atoms with E-state index in [0.29, 0.717) is 0 Å². The van der Waals surface area contributed by atoms with Gasteiger partial charge in [0, 0.05) is 23.5 Å². The topological polar surface area (TPSA) is 17.2 Å². The summed E-state index contributed by atoms with van der Waals surface area (Å²) in [5, 5.41) is 0. The lowest BCUT2D eigenvalue weighted by atomic mass is 10.2. The van der Waals surface area contributed by atoms with Crippen LogP contribution in [0.3, 0.4) is 0 Å². The van der Waals surface area contributed by atoms with Crippen LogP contribution in [0.25, 0.3) is 4.85 Å². The fraction of sp³-hybridized carbons (Fsp3) is 0.333. The normalized spacial score (nSPS) is 18.3. The van der Waals surface area contributed by atoms with Gasteiger partial charge in [0.1, 0.15) is 5.69 Å². The van der Waals surface area contributed by atoms with Gasteiger partial charge in [0.05, 0.1) is 0 Å². The molecule has 0 spiro atoms. The Morgan fingerprint density at radius 1 is 1.58 bits per heavy atom. The first-order chi connectivity index (χ1) is 5.78. The molecule has 1 aliphatic carbocycles. The lowest BCUT2D eigenvalue weighted by Crippen LogP contribution is -2.03. The summed E-state index contributed by atoms with van der Waals surface area (Å²) < 4.78 is 0.957. The van der Waals surface area contributed by atoms with E-state index < -0.39 is 0 Å². The van der Waals surface area contributed by atoms with Crippen LogP contribution in [-0.2, 0) is 5.54 Å². The molecule has 0 aliphatic heterocycles. The first kappa shape index (κ1) is 7.75. The van der Waals surface area contributed by atoms with Gasteiger partial charge in [0.2, 0.25) is 0 Å². The average molecular weight is 223 g/mol. The molecule has 0 bridgehead atoms. The molecule has 1 fully saturated rings. The number of pyridine rings is 1. The molecular formula is C9H7BrN2. The number of nitrogens with zero attached hydrogens (tertiary/aromatic N) is 2. The minimum absolute atomic E-state index is 0.292. The summed E-state index contributed by atoms with van der Waals surface area (Å²) >= 11 is 3.41. The largest absolute Gasteiger partial charge is 0.303 e. The molecule has 2 nitrogen and oxygen atoms in total. The van der Waals surface area contributed by atoms with Crippen molar-refractivity contribution in [1.82, 2.24) is 4.98 Å². The monoisotopic (exact) mass is 222 g/mol. The van der Waals surface area contributed by atoms with Crippen molar-refractivity contribution in [2.75, 3.05) is 0 Å². The molecule has 1 saturated carbocycles. The molecule has 60 valence electrons. The van der Waals surface area contributed by atoms with Crippen LogP contribution in [0.1, 0.15) is 18.5 Å². The Kier molecular flexibility index (Phi) is 1.66. The van der Waals surface area contributed by atoms with Gasteiger partial charge in [-0.05, 0) is 28.1 Å². The first-order valence-corrected chi connectivity index (χ1v) is 4.57. The van der Waals surface area contributed by atoms with Crippen LogP contribution in [0.15, 0.2) is 22.8 Å². The smallest absolute Gasteiger partial charge is 0.275 e. The van der Waals surface area contributed by atoms with Gasteiger partial charge in [-0.3, -0.25) is 4.98 Å². The van der Waals surface area contributed by atoms with Gasteiger partial charge in [-0.2, -0.15) is 0 Å². The molecule has 1 aromatic heterocycles. The Bertz CT molecular complexity index is 350. The summed E-state index contributed by atoms with van der Waals surface area (Å²) in [5.74, 6) is 0. The molecule has 0 aromatic carbocycles. The van der Waals surface area contributed by atoms with E-state index in [1.54, 1.807) is 6.20 Å². The maximum Gasteiger partial charge on any atom is 0.275 e. The highest BCUT2D eigenvalue weighted by Crippen LogP contribution is 2.50. The third-order valence-corrected chi connectivity index (χ3v) is 2.78. The third-order valence-electron chi connectivity index (χ3n) is 2.14. The average Bonchev–Trinajstić information content (AvgIpc) is 2.86. The van der Waals surface area contributed by atoms with Crippen LogP contribution in [0, 0.1) is 6.57 Å². The van der Waals surface area contributed by atoms with Gasteiger partial charge >= 0.3 is 0 Å². The van der Waals surface area contributed by atoms with E-state index in [1.165, 1.54) is 0 Å². The van der Waals surface area contributed by atoms with E-state index in [2.05, 4.69) is 25.8 Å². The highest BCUT2D eigenvalue weighted by molar-refractivity contribution is 9.10. The molecular weight excluding hydrogens is 216 g/mol. The van der Waals surface area contributed by atoms with Crippen molar-refractivity contribution in [2.45, 2.75) is 18.4 Å². The summed E-state index contributed by atoms with van der Waals surface area (Å²) in [7, 11) is 0. The summed E-state index contributed by atoms with van der Waals surface area (Å²) in [6.45, 7) is 7.07. The summed E-state index contributed by atoms with van der Waals surface area (Å²) in [6.07, 6.45) is 3.64. The van der Waals surface area contributed by atoms with Crippen LogP contribution in [0.4, 0.5) is 0 Å². The maximum absolute atomic E-state index is 7.07. The molecule has 0 radical (unpaired) electrons. The fourth-order valence-electron chi connectivity index (χ4n) is 1.25. The number of rotatable bonds is 1. The highest BCUT2D eigenvalue weighted by atomic mass is 79.9. The van der Waals surface area contributed by atoms with Crippen molar-refractivity contribution >= 4 is 15.9 Å². The molecule has 0 unspecified atom stereocenters. The van der Waals surface area contributed by atoms with E-state index in [0.717, 1.165) is 23.0 Å². The Balaban J connectivity index is 2.48. The quantitative estimate of drug-likeness (QED) is 0.669. The SMILES string of the molecule is [C-]#[N+]C1(c2ncccc2Br)CC1. The number of hydrogen-bond acceptors (Lipinski definition) is 1. The zero-order valence-corrected chi connectivity index (χ0v) is 8.00. The number of hydrogen-bond donors (Lipinski definition) is 0. The van der Waals surface area contributed by atoms with Gasteiger partial charge in [0.25, 0.3) is 5.54 Å². The van der Waals surface area contributed by atoms with Crippen molar-refractivity contribution in [3.8, 4) is 0 Å². The lowest BCUT2D eigenvalue weighted by Gasteiger charge is -2.02. The van der Waals surface area contributed by atoms with Crippen LogP contribution >= 0.6 is 15.9 Å². The Morgan fingerprint density at radius 2 is 2.33 bits per heavy atom. The summed E-state index contributed by atoms with van der Waals surface area (Å²) in [4.78, 5) is 7.84. The minimum Gasteiger partial charge on any atom is -0.303 e. The van der Waals surface area contributed by atoms with Crippen LogP contribution in [0.5, 0.6) is 0 Å². The predicted molar refractivity (Wildman–Crippen MR) is 49.5 cm³/mol. The molecule has 2 rings (SSSR count). The second-order valence-corrected chi connectivity index (χ2v) is 3.83. The zero-order chi connectivity index (χ0) is 8.60. The molecule has 12 heavy (non-hydrogen) atoms. The highest BCUT2D eigenvalue weighted by Gasteiger charge is 2.55. The van der Waals surface area contributed by atoms with Crippen molar-refractivity contribution in [3.05, 3.63) is 39.9 Å². The minimum atomic E-state index is -0.292. The van der Waals surface area contributed by atoms with Gasteiger partial charge < -0.3 is 4.85 Å². The third kappa shape index (κ3) is 1.03. The van der Waals surface area contributed by atoms with E-state index in [1.807, 2.05) is 12.1 Å². The number of halogens is 1. The summed E-state index contributed by atoms with van der Waals surface area (Å²) in [6, 6.07) is 3.81. The Morgan fingerprint density at radius 3 is 2.83 bits per heavy atom. The summed E-state index contributed by atoms with van der Waals surface area (Å²) in [5.41, 5.74) is 0.611. The van der Waals surface area contributed by atoms with Crippen LogP contribution in [-0.4, -0.2) is 4.98 Å². The first-order valence-electron chi connectivity index (χ1n) is 3.78. The van der Waals surface area contributed by atoms with Crippen LogP contribution < -0.4 is 0 Å². The van der Waals surface area contributed by atoms with Crippen molar-refractivity contribution in [1.29, 1.82) is 0 Å². The Labute approximate surface area is 79.6 Å². The van der Waals surface area contributed by atoms with Crippen LogP contribution in [0.2, 0.25) is 0 Å². The second-order valence-electron chi connectivity index (χ2n) is 2.98. The van der Waals surface area contributed by atoms with Gasteiger partial charge in [-0.15, -0.1) is 0 Å². The molecule has 1 aromatic rings. The van der Waals surface area contributed by atoms with Gasteiger partial charge in [-0.1, -0.05) is 0 Å². The fourth-order valence-corrected chi connectivity index (χ4v) is 1.87. The van der Waals surface area contributed by atoms with E-state index in [9.17, 15) is 0 Å². The van der Waals surface area contributed by atoms with E-state index >= 15 is 0 Å². The molecule has 1 aliphatic rings. The van der Waals surface area contributed by atoms with E-state index in [-0.39, 0.29) is 5.54 Å². The molecule has 0 amide bonds. The van der Waals surface area contributed by atoms with E-state index in [4.69, 9.17) is 6.57 Å².